The lowest BCUT2D eigenvalue weighted by Gasteiger charge is -2.24. The highest BCUT2D eigenvalue weighted by molar-refractivity contribution is 5.68. The summed E-state index contributed by atoms with van der Waals surface area (Å²) in [6.45, 7) is 7.88. The molecule has 1 aromatic rings. The summed E-state index contributed by atoms with van der Waals surface area (Å²) in [5, 5.41) is 0. The highest BCUT2D eigenvalue weighted by atomic mass is 16.6. The first-order valence-corrected chi connectivity index (χ1v) is 7.66. The second-order valence-corrected chi connectivity index (χ2v) is 6.81. The van der Waals surface area contributed by atoms with Gasteiger partial charge in [-0.1, -0.05) is 6.07 Å². The van der Waals surface area contributed by atoms with E-state index in [0.29, 0.717) is 26.2 Å². The molecule has 1 aliphatic rings. The average molecular weight is 307 g/mol. The average Bonchev–Trinajstić information content (AvgIpc) is 2.88. The van der Waals surface area contributed by atoms with Crippen molar-refractivity contribution in [3.05, 3.63) is 34.2 Å². The molecule has 0 aliphatic carbocycles. The van der Waals surface area contributed by atoms with Gasteiger partial charge in [0.25, 0.3) is 5.56 Å². The van der Waals surface area contributed by atoms with E-state index in [4.69, 9.17) is 10.5 Å². The summed E-state index contributed by atoms with van der Waals surface area (Å²) in [5.41, 5.74) is 6.03. The van der Waals surface area contributed by atoms with Crippen molar-refractivity contribution in [2.45, 2.75) is 45.9 Å². The Morgan fingerprint density at radius 2 is 2.14 bits per heavy atom. The molecule has 1 saturated heterocycles. The van der Waals surface area contributed by atoms with Crippen molar-refractivity contribution in [3.8, 4) is 0 Å². The van der Waals surface area contributed by atoms with Crippen LogP contribution in [-0.2, 0) is 17.8 Å². The quantitative estimate of drug-likeness (QED) is 0.919. The van der Waals surface area contributed by atoms with E-state index in [1.165, 1.54) is 0 Å². The first-order chi connectivity index (χ1) is 10.3. The third kappa shape index (κ3) is 4.34. The van der Waals surface area contributed by atoms with E-state index >= 15 is 0 Å². The lowest BCUT2D eigenvalue weighted by molar-refractivity contribution is 0.0287. The predicted octanol–water partition coefficient (Wildman–Crippen LogP) is 1.56. The van der Waals surface area contributed by atoms with E-state index in [9.17, 15) is 9.59 Å². The molecular formula is C16H25N3O3. The maximum atomic E-state index is 12.0. The van der Waals surface area contributed by atoms with E-state index in [1.54, 1.807) is 27.8 Å². The SMILES string of the molecule is CC(C)(C)OC(=O)N1CCC(Cn2cc(CN)ccc2=O)C1. The number of ether oxygens (including phenoxy) is 1. The molecule has 1 amide bonds. The number of carbonyl (C=O) groups is 1. The Morgan fingerprint density at radius 1 is 1.41 bits per heavy atom. The van der Waals surface area contributed by atoms with Crippen LogP contribution >= 0.6 is 0 Å². The van der Waals surface area contributed by atoms with Crippen molar-refractivity contribution in [1.82, 2.24) is 9.47 Å². The summed E-state index contributed by atoms with van der Waals surface area (Å²) in [6, 6.07) is 3.29. The van der Waals surface area contributed by atoms with Gasteiger partial charge < -0.3 is 19.9 Å². The minimum absolute atomic E-state index is 0.0343. The molecule has 2 N–H and O–H groups in total. The summed E-state index contributed by atoms with van der Waals surface area (Å²) in [5.74, 6) is 0.262. The Labute approximate surface area is 130 Å². The third-order valence-corrected chi connectivity index (χ3v) is 3.67. The fourth-order valence-corrected chi connectivity index (χ4v) is 2.60. The molecule has 1 unspecified atom stereocenters. The zero-order valence-corrected chi connectivity index (χ0v) is 13.5. The first kappa shape index (κ1) is 16.5. The fourth-order valence-electron chi connectivity index (χ4n) is 2.60. The summed E-state index contributed by atoms with van der Waals surface area (Å²) in [6.07, 6.45) is 2.40. The number of aromatic nitrogens is 1. The van der Waals surface area contributed by atoms with Crippen LogP contribution in [0.3, 0.4) is 0 Å². The molecule has 2 heterocycles. The number of hydrogen-bond donors (Lipinski definition) is 1. The molecule has 122 valence electrons. The maximum absolute atomic E-state index is 12.0. The van der Waals surface area contributed by atoms with Crippen LogP contribution in [0.5, 0.6) is 0 Å². The van der Waals surface area contributed by atoms with Crippen molar-refractivity contribution in [2.75, 3.05) is 13.1 Å². The number of nitrogens with zero attached hydrogens (tertiary/aromatic N) is 2. The Hall–Kier alpha value is -1.82. The number of carbonyl (C=O) groups excluding carboxylic acids is 1. The number of pyridine rings is 1. The highest BCUT2D eigenvalue weighted by Gasteiger charge is 2.29. The van der Waals surface area contributed by atoms with Crippen LogP contribution in [0.1, 0.15) is 32.8 Å². The zero-order valence-electron chi connectivity index (χ0n) is 13.5. The standard InChI is InChI=1S/C16H25N3O3/c1-16(2,3)22-15(21)18-7-6-13(10-18)11-19-9-12(8-17)4-5-14(19)20/h4-5,9,13H,6-8,10-11,17H2,1-3H3. The topological polar surface area (TPSA) is 77.6 Å². The van der Waals surface area contributed by atoms with Gasteiger partial charge >= 0.3 is 6.09 Å². The smallest absolute Gasteiger partial charge is 0.410 e. The van der Waals surface area contributed by atoms with Gasteiger partial charge in [0.2, 0.25) is 0 Å². The molecule has 0 bridgehead atoms. The number of rotatable bonds is 3. The van der Waals surface area contributed by atoms with Gasteiger partial charge in [-0.15, -0.1) is 0 Å². The first-order valence-electron chi connectivity index (χ1n) is 7.66. The number of amides is 1. The molecule has 0 radical (unpaired) electrons. The van der Waals surface area contributed by atoms with Crippen LogP contribution in [0.15, 0.2) is 23.1 Å². The zero-order chi connectivity index (χ0) is 16.3. The van der Waals surface area contributed by atoms with Gasteiger partial charge in [-0.25, -0.2) is 4.79 Å². The van der Waals surface area contributed by atoms with Crippen LogP contribution in [0.2, 0.25) is 0 Å². The van der Waals surface area contributed by atoms with E-state index in [2.05, 4.69) is 0 Å². The normalized spacial score (nSPS) is 18.5. The maximum Gasteiger partial charge on any atom is 0.410 e. The Kier molecular flexibility index (Phi) is 4.90. The van der Waals surface area contributed by atoms with E-state index in [1.807, 2.05) is 20.8 Å². The largest absolute Gasteiger partial charge is 0.444 e. The summed E-state index contributed by atoms with van der Waals surface area (Å²) in [7, 11) is 0. The van der Waals surface area contributed by atoms with Gasteiger partial charge in [0.1, 0.15) is 5.60 Å². The van der Waals surface area contributed by atoms with Crippen molar-refractivity contribution < 1.29 is 9.53 Å². The van der Waals surface area contributed by atoms with Crippen LogP contribution in [0, 0.1) is 5.92 Å². The number of nitrogens with two attached hydrogens (primary N) is 1. The fraction of sp³-hybridized carbons (Fsp3) is 0.625. The van der Waals surface area contributed by atoms with E-state index < -0.39 is 5.60 Å². The van der Waals surface area contributed by atoms with Crippen LogP contribution in [0.25, 0.3) is 0 Å². The number of likely N-dealkylation sites (tertiary alicyclic amines) is 1. The Balaban J connectivity index is 1.97. The monoisotopic (exact) mass is 307 g/mol. The van der Waals surface area contributed by atoms with Crippen LogP contribution < -0.4 is 11.3 Å². The second-order valence-electron chi connectivity index (χ2n) is 6.81. The summed E-state index contributed by atoms with van der Waals surface area (Å²) >= 11 is 0. The molecule has 6 nitrogen and oxygen atoms in total. The molecule has 2 rings (SSSR count). The Bertz CT molecular complexity index is 589. The van der Waals surface area contributed by atoms with Gasteiger partial charge in [-0.2, -0.15) is 0 Å². The van der Waals surface area contributed by atoms with Gasteiger partial charge in [0.15, 0.2) is 0 Å². The third-order valence-electron chi connectivity index (χ3n) is 3.67. The van der Waals surface area contributed by atoms with E-state index in [0.717, 1.165) is 12.0 Å². The van der Waals surface area contributed by atoms with Crippen LogP contribution in [-0.4, -0.2) is 34.3 Å². The molecular weight excluding hydrogens is 282 g/mol. The molecule has 1 aromatic heterocycles. The molecule has 1 atom stereocenters. The van der Waals surface area contributed by atoms with Gasteiger partial charge in [0, 0.05) is 38.4 Å². The minimum atomic E-state index is -0.485. The summed E-state index contributed by atoms with van der Waals surface area (Å²) in [4.78, 5) is 25.7. The van der Waals surface area contributed by atoms with Crippen molar-refractivity contribution in [3.63, 3.8) is 0 Å². The van der Waals surface area contributed by atoms with Crippen molar-refractivity contribution >= 4 is 6.09 Å². The molecule has 22 heavy (non-hydrogen) atoms. The molecule has 0 aromatic carbocycles. The van der Waals surface area contributed by atoms with Crippen molar-refractivity contribution in [2.24, 2.45) is 11.7 Å². The molecule has 6 heteroatoms. The predicted molar refractivity (Wildman–Crippen MR) is 84.5 cm³/mol. The minimum Gasteiger partial charge on any atom is -0.444 e. The van der Waals surface area contributed by atoms with Crippen LogP contribution in [0.4, 0.5) is 4.79 Å². The lowest BCUT2D eigenvalue weighted by atomic mass is 10.1. The second kappa shape index (κ2) is 6.52. The molecule has 1 fully saturated rings. The Morgan fingerprint density at radius 3 is 2.77 bits per heavy atom. The molecule has 1 aliphatic heterocycles. The summed E-state index contributed by atoms with van der Waals surface area (Å²) < 4.78 is 7.07. The van der Waals surface area contributed by atoms with Gasteiger partial charge in [0.05, 0.1) is 0 Å². The lowest BCUT2D eigenvalue weighted by Crippen LogP contribution is -2.35. The van der Waals surface area contributed by atoms with Gasteiger partial charge in [-0.05, 0) is 38.7 Å². The van der Waals surface area contributed by atoms with Crippen molar-refractivity contribution in [1.29, 1.82) is 0 Å². The highest BCUT2D eigenvalue weighted by Crippen LogP contribution is 2.20. The number of hydrogen-bond acceptors (Lipinski definition) is 4. The molecule has 0 saturated carbocycles. The van der Waals surface area contributed by atoms with Gasteiger partial charge in [-0.3, -0.25) is 4.79 Å². The van der Waals surface area contributed by atoms with E-state index in [-0.39, 0.29) is 17.6 Å². The molecule has 0 spiro atoms.